The van der Waals surface area contributed by atoms with Gasteiger partial charge in [-0.05, 0) is 48.7 Å². The van der Waals surface area contributed by atoms with Crippen molar-refractivity contribution in [2.24, 2.45) is 0 Å². The second-order valence-electron chi connectivity index (χ2n) is 5.55. The van der Waals surface area contributed by atoms with Crippen molar-refractivity contribution in [2.45, 2.75) is 19.4 Å². The van der Waals surface area contributed by atoms with Crippen molar-refractivity contribution in [1.29, 1.82) is 0 Å². The lowest BCUT2D eigenvalue weighted by Crippen LogP contribution is -2.23. The van der Waals surface area contributed by atoms with E-state index in [0.29, 0.717) is 17.1 Å². The summed E-state index contributed by atoms with van der Waals surface area (Å²) < 4.78 is 0. The van der Waals surface area contributed by atoms with Crippen LogP contribution in [0.5, 0.6) is 0 Å². The summed E-state index contributed by atoms with van der Waals surface area (Å²) in [7, 11) is 0. The number of amides is 1. The molecule has 22 heavy (non-hydrogen) atoms. The Morgan fingerprint density at radius 2 is 1.82 bits per heavy atom. The Morgan fingerprint density at radius 3 is 2.50 bits per heavy atom. The van der Waals surface area contributed by atoms with Crippen molar-refractivity contribution in [3.63, 3.8) is 0 Å². The van der Waals surface area contributed by atoms with E-state index in [2.05, 4.69) is 34.5 Å². The van der Waals surface area contributed by atoms with Gasteiger partial charge in [-0.3, -0.25) is 4.79 Å². The first-order valence-corrected chi connectivity index (χ1v) is 7.98. The fraction of sp³-hybridized carbons (Fsp3) is 0.278. The standard InChI is InChI=1S/C18H19ClN2O/c19-16-5-3-4-15(12-16)18(22)20-13-14-6-8-17(9-7-14)21-10-1-2-11-21/h3-9,12H,1-2,10-11,13H2,(H,20,22). The van der Waals surface area contributed by atoms with Gasteiger partial charge in [0.2, 0.25) is 0 Å². The fourth-order valence-electron chi connectivity index (χ4n) is 2.71. The topological polar surface area (TPSA) is 32.3 Å². The molecule has 0 aromatic heterocycles. The smallest absolute Gasteiger partial charge is 0.251 e. The SMILES string of the molecule is O=C(NCc1ccc(N2CCCC2)cc1)c1cccc(Cl)c1. The van der Waals surface area contributed by atoms with E-state index in [4.69, 9.17) is 11.6 Å². The largest absolute Gasteiger partial charge is 0.372 e. The van der Waals surface area contributed by atoms with Gasteiger partial charge < -0.3 is 10.2 Å². The molecule has 1 fully saturated rings. The Kier molecular flexibility index (Phi) is 4.64. The monoisotopic (exact) mass is 314 g/mol. The van der Waals surface area contributed by atoms with Crippen LogP contribution in [0.25, 0.3) is 0 Å². The molecule has 0 bridgehead atoms. The second-order valence-corrected chi connectivity index (χ2v) is 5.99. The van der Waals surface area contributed by atoms with Crippen LogP contribution in [-0.4, -0.2) is 19.0 Å². The van der Waals surface area contributed by atoms with E-state index in [9.17, 15) is 4.79 Å². The molecule has 1 aliphatic heterocycles. The minimum Gasteiger partial charge on any atom is -0.372 e. The zero-order chi connectivity index (χ0) is 15.4. The molecule has 4 heteroatoms. The molecule has 0 atom stereocenters. The summed E-state index contributed by atoms with van der Waals surface area (Å²) in [4.78, 5) is 14.5. The first kappa shape index (κ1) is 14.9. The summed E-state index contributed by atoms with van der Waals surface area (Å²) in [5.74, 6) is -0.105. The molecule has 3 nitrogen and oxygen atoms in total. The maximum Gasteiger partial charge on any atom is 0.251 e. The van der Waals surface area contributed by atoms with Gasteiger partial charge in [-0.15, -0.1) is 0 Å². The average molecular weight is 315 g/mol. The number of carbonyl (C=O) groups is 1. The van der Waals surface area contributed by atoms with Crippen LogP contribution in [0.4, 0.5) is 5.69 Å². The van der Waals surface area contributed by atoms with Crippen molar-refractivity contribution in [3.8, 4) is 0 Å². The van der Waals surface area contributed by atoms with Crippen LogP contribution >= 0.6 is 11.6 Å². The first-order valence-electron chi connectivity index (χ1n) is 7.60. The van der Waals surface area contributed by atoms with Gasteiger partial charge in [0, 0.05) is 35.9 Å². The van der Waals surface area contributed by atoms with Crippen LogP contribution in [-0.2, 0) is 6.54 Å². The third kappa shape index (κ3) is 3.60. The van der Waals surface area contributed by atoms with E-state index < -0.39 is 0 Å². The lowest BCUT2D eigenvalue weighted by atomic mass is 10.1. The molecule has 1 aliphatic rings. The highest BCUT2D eigenvalue weighted by molar-refractivity contribution is 6.30. The summed E-state index contributed by atoms with van der Waals surface area (Å²) in [6.45, 7) is 2.81. The van der Waals surface area contributed by atoms with Crippen molar-refractivity contribution in [2.75, 3.05) is 18.0 Å². The molecule has 0 radical (unpaired) electrons. The third-order valence-electron chi connectivity index (χ3n) is 3.95. The number of hydrogen-bond donors (Lipinski definition) is 1. The summed E-state index contributed by atoms with van der Waals surface area (Å²) >= 11 is 5.90. The summed E-state index contributed by atoms with van der Waals surface area (Å²) in [5.41, 5.74) is 2.95. The molecular weight excluding hydrogens is 296 g/mol. The van der Waals surface area contributed by atoms with Gasteiger partial charge >= 0.3 is 0 Å². The number of rotatable bonds is 4. The van der Waals surface area contributed by atoms with Gasteiger partial charge in [0.15, 0.2) is 0 Å². The van der Waals surface area contributed by atoms with Crippen LogP contribution in [0.3, 0.4) is 0 Å². The maximum atomic E-state index is 12.1. The highest BCUT2D eigenvalue weighted by atomic mass is 35.5. The van der Waals surface area contributed by atoms with E-state index in [-0.39, 0.29) is 5.91 Å². The molecule has 2 aromatic rings. The number of nitrogens with one attached hydrogen (secondary N) is 1. The summed E-state index contributed by atoms with van der Waals surface area (Å²) in [5, 5.41) is 3.49. The normalized spacial score (nSPS) is 14.1. The Morgan fingerprint density at radius 1 is 1.09 bits per heavy atom. The van der Waals surface area contributed by atoms with Crippen LogP contribution in [0.1, 0.15) is 28.8 Å². The summed E-state index contributed by atoms with van der Waals surface area (Å²) in [6.07, 6.45) is 2.55. The lowest BCUT2D eigenvalue weighted by Gasteiger charge is -2.17. The molecule has 0 aliphatic carbocycles. The molecule has 1 N–H and O–H groups in total. The minimum absolute atomic E-state index is 0.105. The van der Waals surface area contributed by atoms with E-state index in [1.165, 1.54) is 18.5 Å². The third-order valence-corrected chi connectivity index (χ3v) is 4.18. The van der Waals surface area contributed by atoms with Gasteiger partial charge in [0.1, 0.15) is 0 Å². The number of halogens is 1. The molecule has 2 aromatic carbocycles. The molecular formula is C18H19ClN2O. The summed E-state index contributed by atoms with van der Waals surface area (Å²) in [6, 6.07) is 15.4. The molecule has 1 saturated heterocycles. The van der Waals surface area contributed by atoms with E-state index in [1.54, 1.807) is 24.3 Å². The number of benzene rings is 2. The Labute approximate surface area is 135 Å². The Hall–Kier alpha value is -2.00. The number of nitrogens with zero attached hydrogens (tertiary/aromatic N) is 1. The van der Waals surface area contributed by atoms with Gasteiger partial charge in [-0.25, -0.2) is 0 Å². The van der Waals surface area contributed by atoms with Crippen molar-refractivity contribution >= 4 is 23.2 Å². The molecule has 0 saturated carbocycles. The van der Waals surface area contributed by atoms with Gasteiger partial charge in [-0.2, -0.15) is 0 Å². The highest BCUT2D eigenvalue weighted by Gasteiger charge is 2.12. The molecule has 1 amide bonds. The molecule has 114 valence electrons. The van der Waals surface area contributed by atoms with Crippen molar-refractivity contribution < 1.29 is 4.79 Å². The second kappa shape index (κ2) is 6.84. The predicted molar refractivity (Wildman–Crippen MR) is 90.5 cm³/mol. The van der Waals surface area contributed by atoms with E-state index >= 15 is 0 Å². The molecule has 3 rings (SSSR count). The maximum absolute atomic E-state index is 12.1. The molecule has 0 spiro atoms. The first-order chi connectivity index (χ1) is 10.7. The minimum atomic E-state index is -0.105. The predicted octanol–water partition coefficient (Wildman–Crippen LogP) is 3.87. The van der Waals surface area contributed by atoms with Crippen molar-refractivity contribution in [1.82, 2.24) is 5.32 Å². The average Bonchev–Trinajstić information content (AvgIpc) is 3.07. The highest BCUT2D eigenvalue weighted by Crippen LogP contribution is 2.20. The van der Waals surface area contributed by atoms with Crippen LogP contribution < -0.4 is 10.2 Å². The van der Waals surface area contributed by atoms with E-state index in [1.807, 2.05) is 0 Å². The molecule has 0 unspecified atom stereocenters. The number of carbonyl (C=O) groups excluding carboxylic acids is 1. The van der Waals surface area contributed by atoms with Crippen LogP contribution in [0.15, 0.2) is 48.5 Å². The zero-order valence-corrected chi connectivity index (χ0v) is 13.1. The number of anilines is 1. The van der Waals surface area contributed by atoms with Gasteiger partial charge in [0.25, 0.3) is 5.91 Å². The quantitative estimate of drug-likeness (QED) is 0.929. The fourth-order valence-corrected chi connectivity index (χ4v) is 2.90. The molecule has 1 heterocycles. The lowest BCUT2D eigenvalue weighted by molar-refractivity contribution is 0.0951. The van der Waals surface area contributed by atoms with Crippen LogP contribution in [0.2, 0.25) is 5.02 Å². The Balaban J connectivity index is 1.58. The van der Waals surface area contributed by atoms with Gasteiger partial charge in [-0.1, -0.05) is 29.8 Å². The van der Waals surface area contributed by atoms with Gasteiger partial charge in [0.05, 0.1) is 0 Å². The Bertz CT molecular complexity index is 648. The van der Waals surface area contributed by atoms with Crippen LogP contribution in [0, 0.1) is 0 Å². The van der Waals surface area contributed by atoms with E-state index in [0.717, 1.165) is 18.7 Å². The number of hydrogen-bond acceptors (Lipinski definition) is 2. The zero-order valence-electron chi connectivity index (χ0n) is 12.4. The van der Waals surface area contributed by atoms with Crippen molar-refractivity contribution in [3.05, 3.63) is 64.7 Å².